The van der Waals surface area contributed by atoms with Gasteiger partial charge in [-0.2, -0.15) is 0 Å². The van der Waals surface area contributed by atoms with Crippen molar-refractivity contribution >= 4 is 18.3 Å². The van der Waals surface area contributed by atoms with Gasteiger partial charge in [0, 0.05) is 18.6 Å². The Morgan fingerprint density at radius 3 is 3.42 bits per heavy atom. The lowest BCUT2D eigenvalue weighted by molar-refractivity contribution is 0.471. The summed E-state index contributed by atoms with van der Waals surface area (Å²) >= 11 is 0. The van der Waals surface area contributed by atoms with Crippen LogP contribution in [0, 0.1) is 0 Å². The smallest absolute Gasteiger partial charge is 0.226 e. The molecule has 2 aliphatic heterocycles. The van der Waals surface area contributed by atoms with Gasteiger partial charge < -0.3 is 4.74 Å². The van der Waals surface area contributed by atoms with Crippen LogP contribution in [0.1, 0.15) is 0 Å². The van der Waals surface area contributed by atoms with Gasteiger partial charge in [0.05, 0.1) is 11.8 Å². The van der Waals surface area contributed by atoms with Crippen LogP contribution in [0.15, 0.2) is 39.1 Å². The zero-order valence-corrected chi connectivity index (χ0v) is 6.34. The molecule has 0 aromatic carbocycles. The standard InChI is InChI=1S/C8H7N3O/c1-2-9-4-7-5-10-6-11-8(7)12-3-1/h1-5H,6H2/b3-1-,7-4?,9-2?. The van der Waals surface area contributed by atoms with Gasteiger partial charge in [-0.3, -0.25) is 9.98 Å². The Hall–Kier alpha value is -1.71. The molecule has 2 rings (SSSR count). The van der Waals surface area contributed by atoms with Crippen LogP contribution in [0.4, 0.5) is 0 Å². The van der Waals surface area contributed by atoms with Gasteiger partial charge in [-0.25, -0.2) is 4.99 Å². The maximum absolute atomic E-state index is 5.21. The first-order chi connectivity index (χ1) is 5.97. The molecule has 0 unspecified atom stereocenters. The van der Waals surface area contributed by atoms with Crippen molar-refractivity contribution in [3.05, 3.63) is 24.1 Å². The highest BCUT2D eigenvalue weighted by molar-refractivity contribution is 6.13. The Morgan fingerprint density at radius 1 is 1.42 bits per heavy atom. The van der Waals surface area contributed by atoms with E-state index in [0.717, 1.165) is 5.57 Å². The molecule has 4 heteroatoms. The fourth-order valence-electron chi connectivity index (χ4n) is 0.896. The normalized spacial score (nSPS) is 22.7. The zero-order chi connectivity index (χ0) is 8.23. The van der Waals surface area contributed by atoms with Crippen LogP contribution in [0.3, 0.4) is 0 Å². The summed E-state index contributed by atoms with van der Waals surface area (Å²) in [5, 5.41) is 0. The van der Waals surface area contributed by atoms with Crippen LogP contribution in [-0.4, -0.2) is 25.0 Å². The fraction of sp³-hybridized carbons (Fsp3) is 0.125. The van der Waals surface area contributed by atoms with E-state index in [9.17, 15) is 0 Å². The Kier molecular flexibility index (Phi) is 1.82. The number of hydrogen-bond donors (Lipinski definition) is 0. The highest BCUT2D eigenvalue weighted by atomic mass is 16.5. The lowest BCUT2D eigenvalue weighted by Gasteiger charge is -2.08. The third-order valence-electron chi connectivity index (χ3n) is 1.42. The number of rotatable bonds is 0. The summed E-state index contributed by atoms with van der Waals surface area (Å²) < 4.78 is 5.21. The third-order valence-corrected chi connectivity index (χ3v) is 1.42. The molecule has 0 fully saturated rings. The van der Waals surface area contributed by atoms with Crippen LogP contribution in [-0.2, 0) is 4.74 Å². The molecule has 0 saturated heterocycles. The van der Waals surface area contributed by atoms with Gasteiger partial charge in [0.15, 0.2) is 0 Å². The van der Waals surface area contributed by atoms with Crippen molar-refractivity contribution in [3.8, 4) is 0 Å². The molecule has 60 valence electrons. The molecule has 0 N–H and O–H groups in total. The van der Waals surface area contributed by atoms with E-state index in [-0.39, 0.29) is 0 Å². The van der Waals surface area contributed by atoms with Crippen molar-refractivity contribution in [2.45, 2.75) is 0 Å². The Bertz CT molecular complexity index is 323. The highest BCUT2D eigenvalue weighted by Gasteiger charge is 2.08. The number of ether oxygens (including phenoxy) is 1. The Balaban J connectivity index is 2.35. The minimum Gasteiger partial charge on any atom is -0.446 e. The summed E-state index contributed by atoms with van der Waals surface area (Å²) in [5.41, 5.74) is 0.807. The first kappa shape index (κ1) is 6.97. The van der Waals surface area contributed by atoms with E-state index in [2.05, 4.69) is 15.0 Å². The number of hydrogen-bond acceptors (Lipinski definition) is 4. The van der Waals surface area contributed by atoms with Crippen LogP contribution in [0.25, 0.3) is 0 Å². The Labute approximate surface area is 69.7 Å². The largest absolute Gasteiger partial charge is 0.446 e. The topological polar surface area (TPSA) is 46.3 Å². The second-order valence-corrected chi connectivity index (χ2v) is 2.25. The van der Waals surface area contributed by atoms with Crippen molar-refractivity contribution in [1.29, 1.82) is 0 Å². The summed E-state index contributed by atoms with van der Waals surface area (Å²) in [5.74, 6) is 0.582. The predicted octanol–water partition coefficient (Wildman–Crippen LogP) is 0.925. The lowest BCUT2D eigenvalue weighted by atomic mass is 10.3. The van der Waals surface area contributed by atoms with E-state index in [0.29, 0.717) is 12.6 Å². The third kappa shape index (κ3) is 1.32. The van der Waals surface area contributed by atoms with Crippen LogP contribution in [0.5, 0.6) is 0 Å². The van der Waals surface area contributed by atoms with Gasteiger partial charge in [0.1, 0.15) is 6.67 Å². The van der Waals surface area contributed by atoms with Gasteiger partial charge in [-0.15, -0.1) is 0 Å². The van der Waals surface area contributed by atoms with E-state index in [1.807, 2.05) is 0 Å². The summed E-state index contributed by atoms with van der Waals surface area (Å²) in [6.45, 7) is 0.435. The molecular formula is C8H7N3O. The molecule has 4 nitrogen and oxygen atoms in total. The molecule has 0 radical (unpaired) electrons. The number of fused-ring (bicyclic) bond motifs is 1. The number of allylic oxidation sites excluding steroid dienone is 1. The van der Waals surface area contributed by atoms with Crippen molar-refractivity contribution in [1.82, 2.24) is 0 Å². The SMILES string of the molecule is C1=NC=C2C=NCN=C2O/C=C\1. The molecule has 0 bridgehead atoms. The minimum atomic E-state index is 0.435. The fourth-order valence-corrected chi connectivity index (χ4v) is 0.896. The molecule has 0 amide bonds. The molecule has 0 aromatic heterocycles. The molecule has 0 aliphatic carbocycles. The van der Waals surface area contributed by atoms with Gasteiger partial charge in [0.25, 0.3) is 0 Å². The van der Waals surface area contributed by atoms with E-state index in [1.165, 1.54) is 0 Å². The van der Waals surface area contributed by atoms with Gasteiger partial charge in [-0.1, -0.05) is 0 Å². The molecule has 0 spiro atoms. The highest BCUT2D eigenvalue weighted by Crippen LogP contribution is 2.05. The summed E-state index contributed by atoms with van der Waals surface area (Å²) in [7, 11) is 0. The molecule has 12 heavy (non-hydrogen) atoms. The quantitative estimate of drug-likeness (QED) is 0.521. The average Bonchev–Trinajstić information content (AvgIpc) is 2.06. The van der Waals surface area contributed by atoms with Crippen molar-refractivity contribution in [3.63, 3.8) is 0 Å². The summed E-state index contributed by atoms with van der Waals surface area (Å²) in [4.78, 5) is 12.0. The molecule has 0 aromatic rings. The monoisotopic (exact) mass is 161 g/mol. The number of nitrogens with zero attached hydrogens (tertiary/aromatic N) is 3. The molecule has 2 aliphatic rings. The van der Waals surface area contributed by atoms with Crippen molar-refractivity contribution < 1.29 is 4.74 Å². The van der Waals surface area contributed by atoms with Crippen LogP contribution >= 0.6 is 0 Å². The zero-order valence-electron chi connectivity index (χ0n) is 6.34. The van der Waals surface area contributed by atoms with Gasteiger partial charge >= 0.3 is 0 Å². The second kappa shape index (κ2) is 3.13. The van der Waals surface area contributed by atoms with Gasteiger partial charge in [0.2, 0.25) is 5.90 Å². The summed E-state index contributed by atoms with van der Waals surface area (Å²) in [6, 6.07) is 0. The molecule has 0 saturated carbocycles. The van der Waals surface area contributed by atoms with E-state index >= 15 is 0 Å². The maximum atomic E-state index is 5.21. The molecule has 0 atom stereocenters. The van der Waals surface area contributed by atoms with Crippen molar-refractivity contribution in [2.75, 3.05) is 6.67 Å². The first-order valence-corrected chi connectivity index (χ1v) is 3.56. The molecule has 2 heterocycles. The van der Waals surface area contributed by atoms with Crippen LogP contribution < -0.4 is 0 Å². The first-order valence-electron chi connectivity index (χ1n) is 3.56. The second-order valence-electron chi connectivity index (χ2n) is 2.25. The lowest BCUT2D eigenvalue weighted by Crippen LogP contribution is -2.11. The van der Waals surface area contributed by atoms with Gasteiger partial charge in [-0.05, 0) is 6.08 Å². The van der Waals surface area contributed by atoms with Crippen LogP contribution in [0.2, 0.25) is 0 Å². The number of aliphatic imine (C=N–C) groups is 3. The van der Waals surface area contributed by atoms with E-state index < -0.39 is 0 Å². The minimum absolute atomic E-state index is 0.435. The average molecular weight is 161 g/mol. The molecular weight excluding hydrogens is 154 g/mol. The summed E-state index contributed by atoms with van der Waals surface area (Å²) in [6.07, 6.45) is 8.28. The Morgan fingerprint density at radius 2 is 2.42 bits per heavy atom. The predicted molar refractivity (Wildman–Crippen MR) is 47.6 cm³/mol. The maximum Gasteiger partial charge on any atom is 0.226 e. The van der Waals surface area contributed by atoms with E-state index in [4.69, 9.17) is 4.74 Å². The van der Waals surface area contributed by atoms with Crippen molar-refractivity contribution in [2.24, 2.45) is 15.0 Å². The van der Waals surface area contributed by atoms with E-state index in [1.54, 1.807) is 31.0 Å².